The summed E-state index contributed by atoms with van der Waals surface area (Å²) in [6.45, 7) is 3.06. The highest BCUT2D eigenvalue weighted by atomic mass is 19.4. The van der Waals surface area contributed by atoms with Crippen LogP contribution in [-0.4, -0.2) is 44.5 Å². The van der Waals surface area contributed by atoms with E-state index in [0.717, 1.165) is 49.7 Å². The van der Waals surface area contributed by atoms with Gasteiger partial charge in [-0.15, -0.1) is 0 Å². The number of para-hydroxylation sites is 2. The smallest absolute Gasteiger partial charge is 0.416 e. The number of hydrogen-bond donors (Lipinski definition) is 0. The van der Waals surface area contributed by atoms with Crippen molar-refractivity contribution in [3.05, 3.63) is 59.7 Å². The molecule has 26 heavy (non-hydrogen) atoms. The van der Waals surface area contributed by atoms with Crippen molar-refractivity contribution in [1.82, 2.24) is 5.01 Å². The standard InChI is InChI=1S/C19H20F3N3O/c1-26-18-5-3-2-4-17(18)24-10-12-25(13-11-24)23-14-15-6-8-16(9-7-15)19(20,21)22/h2-9,14H,10-13H2,1H3. The van der Waals surface area contributed by atoms with E-state index in [1.165, 1.54) is 12.1 Å². The molecule has 1 heterocycles. The molecule has 1 aliphatic rings. The Bertz CT molecular complexity index is 751. The van der Waals surface area contributed by atoms with Crippen LogP contribution in [0.15, 0.2) is 53.6 Å². The molecule has 0 N–H and O–H groups in total. The van der Waals surface area contributed by atoms with Crippen LogP contribution in [0.25, 0.3) is 0 Å². The number of rotatable bonds is 4. The largest absolute Gasteiger partial charge is 0.495 e. The molecule has 0 atom stereocenters. The van der Waals surface area contributed by atoms with Crippen LogP contribution in [0.2, 0.25) is 0 Å². The van der Waals surface area contributed by atoms with Gasteiger partial charge in [0.25, 0.3) is 0 Å². The Kier molecular flexibility index (Phi) is 5.35. The number of alkyl halides is 3. The van der Waals surface area contributed by atoms with E-state index in [1.807, 2.05) is 29.3 Å². The number of hydrogen-bond acceptors (Lipinski definition) is 4. The molecule has 0 bridgehead atoms. The molecule has 1 saturated heterocycles. The fourth-order valence-electron chi connectivity index (χ4n) is 2.85. The van der Waals surface area contributed by atoms with Gasteiger partial charge in [-0.1, -0.05) is 24.3 Å². The van der Waals surface area contributed by atoms with E-state index in [1.54, 1.807) is 13.3 Å². The van der Waals surface area contributed by atoms with Gasteiger partial charge in [0.15, 0.2) is 0 Å². The van der Waals surface area contributed by atoms with Gasteiger partial charge in [0.2, 0.25) is 0 Å². The highest BCUT2D eigenvalue weighted by Crippen LogP contribution is 2.29. The highest BCUT2D eigenvalue weighted by molar-refractivity contribution is 5.79. The van der Waals surface area contributed by atoms with Crippen LogP contribution >= 0.6 is 0 Å². The van der Waals surface area contributed by atoms with Gasteiger partial charge in [0, 0.05) is 13.1 Å². The van der Waals surface area contributed by atoms with Gasteiger partial charge >= 0.3 is 6.18 Å². The molecule has 0 spiro atoms. The van der Waals surface area contributed by atoms with Crippen molar-refractivity contribution in [2.75, 3.05) is 38.2 Å². The predicted molar refractivity (Wildman–Crippen MR) is 95.8 cm³/mol. The minimum Gasteiger partial charge on any atom is -0.495 e. The maximum absolute atomic E-state index is 12.6. The summed E-state index contributed by atoms with van der Waals surface area (Å²) in [4.78, 5) is 2.24. The van der Waals surface area contributed by atoms with E-state index in [0.29, 0.717) is 5.56 Å². The maximum atomic E-state index is 12.6. The van der Waals surface area contributed by atoms with E-state index in [4.69, 9.17) is 4.74 Å². The first-order valence-electron chi connectivity index (χ1n) is 8.31. The number of benzene rings is 2. The zero-order chi connectivity index (χ0) is 18.6. The molecule has 4 nitrogen and oxygen atoms in total. The van der Waals surface area contributed by atoms with Crippen molar-refractivity contribution in [2.45, 2.75) is 6.18 Å². The molecule has 7 heteroatoms. The van der Waals surface area contributed by atoms with Crippen molar-refractivity contribution in [1.29, 1.82) is 0 Å². The summed E-state index contributed by atoms with van der Waals surface area (Å²) in [6, 6.07) is 12.9. The number of hydrazone groups is 1. The number of piperazine rings is 1. The van der Waals surface area contributed by atoms with E-state index < -0.39 is 11.7 Å². The summed E-state index contributed by atoms with van der Waals surface area (Å²) in [6.07, 6.45) is -2.72. The SMILES string of the molecule is COc1ccccc1N1CCN(N=Cc2ccc(C(F)(F)F)cc2)CC1. The van der Waals surface area contributed by atoms with Gasteiger partial charge in [0.1, 0.15) is 5.75 Å². The second-order valence-electron chi connectivity index (χ2n) is 5.98. The first-order valence-corrected chi connectivity index (χ1v) is 8.31. The van der Waals surface area contributed by atoms with Gasteiger partial charge in [-0.2, -0.15) is 18.3 Å². The zero-order valence-electron chi connectivity index (χ0n) is 14.4. The molecule has 138 valence electrons. The monoisotopic (exact) mass is 363 g/mol. The number of ether oxygens (including phenoxy) is 1. The average Bonchev–Trinajstić information content (AvgIpc) is 2.66. The molecule has 0 aromatic heterocycles. The fourth-order valence-corrected chi connectivity index (χ4v) is 2.85. The molecular formula is C19H20F3N3O. The highest BCUT2D eigenvalue weighted by Gasteiger charge is 2.29. The van der Waals surface area contributed by atoms with Gasteiger partial charge < -0.3 is 9.64 Å². The number of anilines is 1. The van der Waals surface area contributed by atoms with Crippen molar-refractivity contribution < 1.29 is 17.9 Å². The molecule has 0 radical (unpaired) electrons. The van der Waals surface area contributed by atoms with Crippen LogP contribution in [0.5, 0.6) is 5.75 Å². The minimum absolute atomic E-state index is 0.644. The molecule has 0 amide bonds. The molecule has 0 unspecified atom stereocenters. The summed E-state index contributed by atoms with van der Waals surface area (Å²) in [5, 5.41) is 6.31. The van der Waals surface area contributed by atoms with Gasteiger partial charge in [-0.3, -0.25) is 5.01 Å². The predicted octanol–water partition coefficient (Wildman–Crippen LogP) is 3.87. The fraction of sp³-hybridized carbons (Fsp3) is 0.316. The number of halogens is 3. The molecule has 1 aliphatic heterocycles. The van der Waals surface area contributed by atoms with Crippen molar-refractivity contribution in [3.63, 3.8) is 0 Å². The lowest BCUT2D eigenvalue weighted by molar-refractivity contribution is -0.137. The Morgan fingerprint density at radius 3 is 2.23 bits per heavy atom. The Balaban J connectivity index is 1.58. The average molecular weight is 363 g/mol. The summed E-state index contributed by atoms with van der Waals surface area (Å²) in [5.74, 6) is 0.842. The van der Waals surface area contributed by atoms with Crippen LogP contribution in [0, 0.1) is 0 Å². The molecule has 3 rings (SSSR count). The van der Waals surface area contributed by atoms with E-state index in [9.17, 15) is 13.2 Å². The Labute approximate surface area is 150 Å². The number of nitrogens with zero attached hydrogens (tertiary/aromatic N) is 3. The first-order chi connectivity index (χ1) is 12.5. The molecule has 2 aromatic carbocycles. The van der Waals surface area contributed by atoms with Crippen LogP contribution in [0.4, 0.5) is 18.9 Å². The molecule has 1 fully saturated rings. The minimum atomic E-state index is -4.31. The summed E-state index contributed by atoms with van der Waals surface area (Å²) >= 11 is 0. The topological polar surface area (TPSA) is 28.1 Å². The van der Waals surface area contributed by atoms with E-state index in [2.05, 4.69) is 10.0 Å². The van der Waals surface area contributed by atoms with Gasteiger partial charge in [-0.05, 0) is 29.8 Å². The molecule has 2 aromatic rings. The van der Waals surface area contributed by atoms with Crippen molar-refractivity contribution in [3.8, 4) is 5.75 Å². The van der Waals surface area contributed by atoms with Gasteiger partial charge in [-0.25, -0.2) is 0 Å². The van der Waals surface area contributed by atoms with Crippen LogP contribution in [0.3, 0.4) is 0 Å². The lowest BCUT2D eigenvalue weighted by atomic mass is 10.1. The normalized spacial score (nSPS) is 15.5. The lowest BCUT2D eigenvalue weighted by Gasteiger charge is -2.35. The second-order valence-corrected chi connectivity index (χ2v) is 5.98. The maximum Gasteiger partial charge on any atom is 0.416 e. The van der Waals surface area contributed by atoms with Crippen LogP contribution < -0.4 is 9.64 Å². The second kappa shape index (κ2) is 7.68. The Hall–Kier alpha value is -2.70. The quantitative estimate of drug-likeness (QED) is 0.772. The zero-order valence-corrected chi connectivity index (χ0v) is 14.4. The van der Waals surface area contributed by atoms with Crippen LogP contribution in [0.1, 0.15) is 11.1 Å². The van der Waals surface area contributed by atoms with E-state index in [-0.39, 0.29) is 0 Å². The Morgan fingerprint density at radius 1 is 0.962 bits per heavy atom. The van der Waals surface area contributed by atoms with Gasteiger partial charge in [0.05, 0.1) is 37.7 Å². The molecule has 0 saturated carbocycles. The third-order valence-corrected chi connectivity index (χ3v) is 4.29. The first kappa shape index (κ1) is 18.1. The number of methoxy groups -OCH3 is 1. The van der Waals surface area contributed by atoms with Crippen molar-refractivity contribution >= 4 is 11.9 Å². The van der Waals surface area contributed by atoms with Crippen LogP contribution in [-0.2, 0) is 6.18 Å². The summed E-state index contributed by atoms with van der Waals surface area (Å²) in [7, 11) is 1.66. The Morgan fingerprint density at radius 2 is 1.62 bits per heavy atom. The summed E-state index contributed by atoms with van der Waals surface area (Å²) < 4.78 is 43.1. The summed E-state index contributed by atoms with van der Waals surface area (Å²) in [5.41, 5.74) is 1.05. The van der Waals surface area contributed by atoms with Crippen molar-refractivity contribution in [2.24, 2.45) is 5.10 Å². The van der Waals surface area contributed by atoms with E-state index >= 15 is 0 Å². The third kappa shape index (κ3) is 4.28. The molecular weight excluding hydrogens is 343 g/mol. The lowest BCUT2D eigenvalue weighted by Crippen LogP contribution is -2.44. The third-order valence-electron chi connectivity index (χ3n) is 4.29. The molecule has 0 aliphatic carbocycles.